The van der Waals surface area contributed by atoms with E-state index in [1.165, 1.54) is 17.4 Å². The van der Waals surface area contributed by atoms with Crippen LogP contribution in [0.3, 0.4) is 0 Å². The first kappa shape index (κ1) is 15.5. The maximum atomic E-state index is 12.4. The summed E-state index contributed by atoms with van der Waals surface area (Å²) in [6.45, 7) is 3.50. The highest BCUT2D eigenvalue weighted by Crippen LogP contribution is 2.31. The lowest BCUT2D eigenvalue weighted by Gasteiger charge is -2.13. The van der Waals surface area contributed by atoms with Crippen LogP contribution in [-0.2, 0) is 16.6 Å². The molecule has 0 unspecified atom stereocenters. The van der Waals surface area contributed by atoms with E-state index < -0.39 is 10.0 Å². The van der Waals surface area contributed by atoms with E-state index in [4.69, 9.17) is 0 Å². The number of aryl methyl sites for hydroxylation is 2. The van der Waals surface area contributed by atoms with Gasteiger partial charge in [-0.2, -0.15) is 0 Å². The molecule has 0 bridgehead atoms. The summed E-state index contributed by atoms with van der Waals surface area (Å²) in [7, 11) is -3.70. The summed E-state index contributed by atoms with van der Waals surface area (Å²) in [4.78, 5) is 0.551. The van der Waals surface area contributed by atoms with Crippen LogP contribution in [-0.4, -0.2) is 13.5 Å². The van der Waals surface area contributed by atoms with Crippen LogP contribution in [0.2, 0.25) is 0 Å². The molecule has 7 heteroatoms. The molecule has 0 saturated carbocycles. The zero-order valence-electron chi connectivity index (χ0n) is 11.0. The molecule has 0 saturated heterocycles. The van der Waals surface area contributed by atoms with Gasteiger partial charge < -0.3 is 5.11 Å². The van der Waals surface area contributed by atoms with Crippen molar-refractivity contribution >= 4 is 43.0 Å². The lowest BCUT2D eigenvalue weighted by molar-refractivity contribution is 0.282. The molecule has 2 N–H and O–H groups in total. The molecule has 0 aliphatic rings. The minimum atomic E-state index is -3.70. The Kier molecular flexibility index (Phi) is 4.53. The monoisotopic (exact) mass is 375 g/mol. The van der Waals surface area contributed by atoms with Crippen LogP contribution in [0.5, 0.6) is 0 Å². The molecule has 0 aliphatic heterocycles. The number of nitrogens with one attached hydrogen (secondary N) is 1. The molecule has 1 heterocycles. The Balaban J connectivity index is 2.44. The SMILES string of the molecule is Cc1cc(C)c(NS(=O)(=O)c2ccsc2CO)c(Br)c1. The van der Waals surface area contributed by atoms with Gasteiger partial charge in [0, 0.05) is 4.47 Å². The predicted molar refractivity (Wildman–Crippen MR) is 84.7 cm³/mol. The van der Waals surface area contributed by atoms with E-state index in [1.54, 1.807) is 5.38 Å². The average molecular weight is 376 g/mol. The standard InChI is InChI=1S/C13H14BrNO3S2/c1-8-5-9(2)13(10(14)6-8)15-20(17,18)12-3-4-19-11(12)7-16/h3-6,15-16H,7H2,1-2H3. The van der Waals surface area contributed by atoms with Crippen molar-refractivity contribution in [1.29, 1.82) is 0 Å². The molecule has 2 aromatic rings. The minimum Gasteiger partial charge on any atom is -0.391 e. The molecule has 0 spiro atoms. The highest BCUT2D eigenvalue weighted by molar-refractivity contribution is 9.10. The van der Waals surface area contributed by atoms with Gasteiger partial charge in [-0.15, -0.1) is 11.3 Å². The van der Waals surface area contributed by atoms with Crippen LogP contribution in [0, 0.1) is 13.8 Å². The quantitative estimate of drug-likeness (QED) is 0.859. The van der Waals surface area contributed by atoms with Gasteiger partial charge in [0.1, 0.15) is 4.90 Å². The van der Waals surface area contributed by atoms with E-state index in [2.05, 4.69) is 20.7 Å². The Morgan fingerprint density at radius 3 is 2.65 bits per heavy atom. The van der Waals surface area contributed by atoms with Crippen LogP contribution in [0.15, 0.2) is 32.9 Å². The summed E-state index contributed by atoms with van der Waals surface area (Å²) >= 11 is 4.59. The van der Waals surface area contributed by atoms with E-state index in [0.717, 1.165) is 11.1 Å². The summed E-state index contributed by atoms with van der Waals surface area (Å²) in [5.41, 5.74) is 2.40. The van der Waals surface area contributed by atoms with E-state index in [9.17, 15) is 13.5 Å². The maximum Gasteiger partial charge on any atom is 0.263 e. The number of hydrogen-bond donors (Lipinski definition) is 2. The Morgan fingerprint density at radius 1 is 1.35 bits per heavy atom. The van der Waals surface area contributed by atoms with E-state index in [0.29, 0.717) is 15.0 Å². The smallest absolute Gasteiger partial charge is 0.263 e. The number of aliphatic hydroxyl groups excluding tert-OH is 1. The third kappa shape index (κ3) is 3.06. The molecule has 0 fully saturated rings. The second-order valence-corrected chi connectivity index (χ2v) is 7.92. The molecule has 0 radical (unpaired) electrons. The summed E-state index contributed by atoms with van der Waals surface area (Å²) < 4.78 is 28.1. The van der Waals surface area contributed by atoms with Gasteiger partial charge >= 0.3 is 0 Å². The fourth-order valence-corrected chi connectivity index (χ4v) is 5.27. The van der Waals surface area contributed by atoms with Crippen molar-refractivity contribution in [2.45, 2.75) is 25.3 Å². The van der Waals surface area contributed by atoms with Crippen molar-refractivity contribution in [3.8, 4) is 0 Å². The van der Waals surface area contributed by atoms with Gasteiger partial charge in [0.15, 0.2) is 0 Å². The van der Waals surface area contributed by atoms with Crippen LogP contribution in [0.25, 0.3) is 0 Å². The lowest BCUT2D eigenvalue weighted by atomic mass is 10.1. The van der Waals surface area contributed by atoms with Gasteiger partial charge in [0.2, 0.25) is 0 Å². The number of anilines is 1. The zero-order chi connectivity index (χ0) is 14.9. The second kappa shape index (κ2) is 5.85. The molecule has 2 rings (SSSR count). The first-order valence-corrected chi connectivity index (χ1v) is 8.97. The number of rotatable bonds is 4. The molecular formula is C13H14BrNO3S2. The fourth-order valence-electron chi connectivity index (χ4n) is 1.92. The van der Waals surface area contributed by atoms with Gasteiger partial charge in [-0.05, 0) is 58.4 Å². The molecular weight excluding hydrogens is 362 g/mol. The third-order valence-electron chi connectivity index (χ3n) is 2.81. The Bertz CT molecular complexity index is 715. The zero-order valence-corrected chi connectivity index (χ0v) is 14.2. The van der Waals surface area contributed by atoms with Crippen molar-refractivity contribution in [3.05, 3.63) is 44.1 Å². The van der Waals surface area contributed by atoms with Crippen molar-refractivity contribution in [3.63, 3.8) is 0 Å². The Morgan fingerprint density at radius 2 is 2.05 bits per heavy atom. The van der Waals surface area contributed by atoms with Gasteiger partial charge in [0.05, 0.1) is 17.2 Å². The summed E-state index contributed by atoms with van der Waals surface area (Å²) in [6, 6.07) is 5.25. The van der Waals surface area contributed by atoms with E-state index >= 15 is 0 Å². The predicted octanol–water partition coefficient (Wildman–Crippen LogP) is 3.42. The molecule has 0 amide bonds. The normalized spacial score (nSPS) is 11.6. The topological polar surface area (TPSA) is 66.4 Å². The number of hydrogen-bond acceptors (Lipinski definition) is 4. The summed E-state index contributed by atoms with van der Waals surface area (Å²) in [6.07, 6.45) is 0. The number of aliphatic hydroxyl groups is 1. The largest absolute Gasteiger partial charge is 0.391 e. The highest BCUT2D eigenvalue weighted by Gasteiger charge is 2.21. The molecule has 1 aromatic carbocycles. The first-order valence-electron chi connectivity index (χ1n) is 5.82. The van der Waals surface area contributed by atoms with Crippen molar-refractivity contribution in [2.75, 3.05) is 4.72 Å². The molecule has 4 nitrogen and oxygen atoms in total. The molecule has 0 aliphatic carbocycles. The molecule has 0 atom stereocenters. The summed E-state index contributed by atoms with van der Waals surface area (Å²) in [5, 5.41) is 10.8. The molecule has 20 heavy (non-hydrogen) atoms. The van der Waals surface area contributed by atoms with Crippen LogP contribution >= 0.6 is 27.3 Å². The van der Waals surface area contributed by atoms with Gasteiger partial charge in [-0.3, -0.25) is 4.72 Å². The molecule has 108 valence electrons. The van der Waals surface area contributed by atoms with Gasteiger partial charge in [-0.25, -0.2) is 8.42 Å². The Labute approximate surface area is 130 Å². The van der Waals surface area contributed by atoms with Gasteiger partial charge in [0.25, 0.3) is 10.0 Å². The number of thiophene rings is 1. The first-order chi connectivity index (χ1) is 9.35. The van der Waals surface area contributed by atoms with Crippen molar-refractivity contribution in [2.24, 2.45) is 0 Å². The lowest BCUT2D eigenvalue weighted by Crippen LogP contribution is -2.15. The maximum absolute atomic E-state index is 12.4. The van der Waals surface area contributed by atoms with Crippen LogP contribution in [0.4, 0.5) is 5.69 Å². The number of halogens is 1. The van der Waals surface area contributed by atoms with Crippen molar-refractivity contribution < 1.29 is 13.5 Å². The fraction of sp³-hybridized carbons (Fsp3) is 0.231. The minimum absolute atomic E-state index is 0.122. The molecule has 1 aromatic heterocycles. The number of benzene rings is 1. The second-order valence-electron chi connectivity index (χ2n) is 4.41. The Hall–Kier alpha value is -0.890. The van der Waals surface area contributed by atoms with Crippen LogP contribution in [0.1, 0.15) is 16.0 Å². The van der Waals surface area contributed by atoms with E-state index in [1.807, 2.05) is 26.0 Å². The number of sulfonamides is 1. The summed E-state index contributed by atoms with van der Waals surface area (Å²) in [5.74, 6) is 0. The van der Waals surface area contributed by atoms with Gasteiger partial charge in [-0.1, -0.05) is 6.07 Å². The third-order valence-corrected chi connectivity index (χ3v) is 5.90. The van der Waals surface area contributed by atoms with E-state index in [-0.39, 0.29) is 11.5 Å². The average Bonchev–Trinajstić information content (AvgIpc) is 2.83. The van der Waals surface area contributed by atoms with Crippen LogP contribution < -0.4 is 4.72 Å². The van der Waals surface area contributed by atoms with Crippen molar-refractivity contribution in [1.82, 2.24) is 0 Å². The highest BCUT2D eigenvalue weighted by atomic mass is 79.9.